The van der Waals surface area contributed by atoms with Crippen LogP contribution >= 0.6 is 15.9 Å². The van der Waals surface area contributed by atoms with Crippen LogP contribution in [0, 0.1) is 0 Å². The quantitative estimate of drug-likeness (QED) is 0.842. The predicted octanol–water partition coefficient (Wildman–Crippen LogP) is 3.12. The molecule has 6 heteroatoms. The summed E-state index contributed by atoms with van der Waals surface area (Å²) in [5, 5.41) is 6.28. The highest BCUT2D eigenvalue weighted by atomic mass is 79.9. The lowest BCUT2D eigenvalue weighted by Crippen LogP contribution is -2.37. The van der Waals surface area contributed by atoms with E-state index in [4.69, 9.17) is 4.74 Å². The largest absolute Gasteiger partial charge is 0.439 e. The van der Waals surface area contributed by atoms with E-state index in [-0.39, 0.29) is 5.91 Å². The minimum absolute atomic E-state index is 0.110. The normalized spacial score (nSPS) is 17.0. The van der Waals surface area contributed by atoms with Crippen LogP contribution in [0.25, 0.3) is 0 Å². The van der Waals surface area contributed by atoms with Crippen LogP contribution in [0.1, 0.15) is 23.2 Å². The fourth-order valence-electron chi connectivity index (χ4n) is 2.45. The molecule has 0 aliphatic carbocycles. The van der Waals surface area contributed by atoms with Crippen LogP contribution in [0.4, 0.5) is 0 Å². The van der Waals surface area contributed by atoms with E-state index in [0.717, 1.165) is 17.4 Å². The number of rotatable bonds is 5. The maximum absolute atomic E-state index is 12.1. The van der Waals surface area contributed by atoms with Crippen LogP contribution in [0.2, 0.25) is 0 Å². The summed E-state index contributed by atoms with van der Waals surface area (Å²) in [4.78, 5) is 16.3. The van der Waals surface area contributed by atoms with Gasteiger partial charge in [-0.15, -0.1) is 0 Å². The van der Waals surface area contributed by atoms with Gasteiger partial charge in [-0.1, -0.05) is 15.9 Å². The average molecular weight is 376 g/mol. The van der Waals surface area contributed by atoms with Gasteiger partial charge in [-0.3, -0.25) is 4.79 Å². The van der Waals surface area contributed by atoms with Crippen LogP contribution in [0.3, 0.4) is 0 Å². The molecule has 1 aromatic heterocycles. The van der Waals surface area contributed by atoms with Gasteiger partial charge in [-0.05, 0) is 49.7 Å². The number of benzene rings is 1. The number of aromatic nitrogens is 1. The lowest BCUT2D eigenvalue weighted by atomic mass is 10.2. The van der Waals surface area contributed by atoms with Gasteiger partial charge in [0, 0.05) is 29.3 Å². The van der Waals surface area contributed by atoms with Gasteiger partial charge in [-0.25, -0.2) is 4.98 Å². The van der Waals surface area contributed by atoms with Gasteiger partial charge in [0.1, 0.15) is 5.75 Å². The van der Waals surface area contributed by atoms with Crippen molar-refractivity contribution in [2.75, 3.05) is 13.1 Å². The summed E-state index contributed by atoms with van der Waals surface area (Å²) in [7, 11) is 0. The summed E-state index contributed by atoms with van der Waals surface area (Å²) in [6.45, 7) is 1.68. The molecular weight excluding hydrogens is 358 g/mol. The fourth-order valence-corrected chi connectivity index (χ4v) is 2.71. The van der Waals surface area contributed by atoms with E-state index in [1.807, 2.05) is 24.3 Å². The number of nitrogens with one attached hydrogen (secondary N) is 2. The molecule has 2 aromatic rings. The lowest BCUT2D eigenvalue weighted by Gasteiger charge is -2.11. The van der Waals surface area contributed by atoms with Crippen molar-refractivity contribution in [1.82, 2.24) is 15.6 Å². The van der Waals surface area contributed by atoms with E-state index in [1.54, 1.807) is 12.1 Å². The van der Waals surface area contributed by atoms with Crippen LogP contribution in [-0.4, -0.2) is 30.0 Å². The Bertz CT molecular complexity index is 653. The summed E-state index contributed by atoms with van der Waals surface area (Å²) in [5.41, 5.74) is 0.533. The highest BCUT2D eigenvalue weighted by Crippen LogP contribution is 2.21. The highest BCUT2D eigenvalue weighted by molar-refractivity contribution is 9.10. The summed E-state index contributed by atoms with van der Waals surface area (Å²) < 4.78 is 6.62. The third-order valence-electron chi connectivity index (χ3n) is 3.71. The van der Waals surface area contributed by atoms with E-state index >= 15 is 0 Å². The Morgan fingerprint density at radius 2 is 2.13 bits per heavy atom. The van der Waals surface area contributed by atoms with Crippen LogP contribution in [0.5, 0.6) is 11.6 Å². The first-order chi connectivity index (χ1) is 11.2. The number of nitrogens with zero attached hydrogens (tertiary/aromatic N) is 1. The Morgan fingerprint density at radius 3 is 2.78 bits per heavy atom. The SMILES string of the molecule is O=C(NCC1CCCN1)c1ccc(Oc2ccc(Br)cc2)nc1. The molecule has 1 saturated heterocycles. The summed E-state index contributed by atoms with van der Waals surface area (Å²) in [6.07, 6.45) is 3.81. The van der Waals surface area contributed by atoms with Crippen LogP contribution < -0.4 is 15.4 Å². The Labute approximate surface area is 143 Å². The number of hydrogen-bond acceptors (Lipinski definition) is 4. The van der Waals surface area contributed by atoms with Crippen molar-refractivity contribution >= 4 is 21.8 Å². The van der Waals surface area contributed by atoms with Gasteiger partial charge < -0.3 is 15.4 Å². The molecule has 1 aliphatic heterocycles. The van der Waals surface area contributed by atoms with Gasteiger partial charge in [0.15, 0.2) is 0 Å². The molecule has 2 N–H and O–H groups in total. The summed E-state index contributed by atoms with van der Waals surface area (Å²) in [6, 6.07) is 11.3. The van der Waals surface area contributed by atoms with Gasteiger partial charge in [0.25, 0.3) is 5.91 Å². The number of ether oxygens (including phenoxy) is 1. The Balaban J connectivity index is 1.55. The number of carbonyl (C=O) groups excluding carboxylic acids is 1. The molecule has 0 spiro atoms. The molecule has 1 aromatic carbocycles. The topological polar surface area (TPSA) is 63.2 Å². The number of carbonyl (C=O) groups is 1. The second-order valence-electron chi connectivity index (χ2n) is 5.44. The molecule has 3 rings (SSSR count). The molecule has 5 nitrogen and oxygen atoms in total. The minimum Gasteiger partial charge on any atom is -0.439 e. The van der Waals surface area contributed by atoms with Crippen molar-refractivity contribution < 1.29 is 9.53 Å². The van der Waals surface area contributed by atoms with Crippen molar-refractivity contribution in [3.8, 4) is 11.6 Å². The van der Waals surface area contributed by atoms with Crippen molar-refractivity contribution in [2.45, 2.75) is 18.9 Å². The Hall–Kier alpha value is -1.92. The molecule has 23 heavy (non-hydrogen) atoms. The van der Waals surface area contributed by atoms with E-state index < -0.39 is 0 Å². The molecule has 1 atom stereocenters. The van der Waals surface area contributed by atoms with E-state index in [2.05, 4.69) is 31.5 Å². The zero-order valence-corrected chi connectivity index (χ0v) is 14.2. The molecule has 0 bridgehead atoms. The maximum Gasteiger partial charge on any atom is 0.252 e. The predicted molar refractivity (Wildman–Crippen MR) is 91.8 cm³/mol. The lowest BCUT2D eigenvalue weighted by molar-refractivity contribution is 0.0950. The smallest absolute Gasteiger partial charge is 0.252 e. The molecule has 1 unspecified atom stereocenters. The van der Waals surface area contributed by atoms with Crippen LogP contribution in [0.15, 0.2) is 47.1 Å². The number of amides is 1. The molecule has 120 valence electrons. The molecule has 1 aliphatic rings. The van der Waals surface area contributed by atoms with Gasteiger partial charge in [0.2, 0.25) is 5.88 Å². The van der Waals surface area contributed by atoms with E-state index in [9.17, 15) is 4.79 Å². The zero-order chi connectivity index (χ0) is 16.1. The first kappa shape index (κ1) is 16.0. The summed E-state index contributed by atoms with van der Waals surface area (Å²) in [5.74, 6) is 1.05. The van der Waals surface area contributed by atoms with E-state index in [1.165, 1.54) is 12.6 Å². The standard InChI is InChI=1S/C17H18BrN3O2/c18-13-4-6-15(7-5-13)23-16-8-3-12(10-20-16)17(22)21-11-14-2-1-9-19-14/h3-8,10,14,19H,1-2,9,11H2,(H,21,22). The first-order valence-electron chi connectivity index (χ1n) is 7.62. The third kappa shape index (κ3) is 4.53. The van der Waals surface area contributed by atoms with E-state index in [0.29, 0.717) is 29.8 Å². The van der Waals surface area contributed by atoms with Gasteiger partial charge >= 0.3 is 0 Å². The third-order valence-corrected chi connectivity index (χ3v) is 4.23. The zero-order valence-electron chi connectivity index (χ0n) is 12.6. The minimum atomic E-state index is -0.110. The maximum atomic E-state index is 12.1. The van der Waals surface area contributed by atoms with Crippen molar-refractivity contribution in [2.24, 2.45) is 0 Å². The number of halogens is 1. The average Bonchev–Trinajstić information content (AvgIpc) is 3.09. The number of pyridine rings is 1. The first-order valence-corrected chi connectivity index (χ1v) is 8.41. The molecule has 1 amide bonds. The second-order valence-corrected chi connectivity index (χ2v) is 6.36. The molecule has 0 radical (unpaired) electrons. The Morgan fingerprint density at radius 1 is 1.30 bits per heavy atom. The van der Waals surface area contributed by atoms with Crippen molar-refractivity contribution in [1.29, 1.82) is 0 Å². The van der Waals surface area contributed by atoms with Gasteiger partial charge in [-0.2, -0.15) is 0 Å². The van der Waals surface area contributed by atoms with Gasteiger partial charge in [0.05, 0.1) is 5.56 Å². The molecule has 1 fully saturated rings. The monoisotopic (exact) mass is 375 g/mol. The molecule has 0 saturated carbocycles. The van der Waals surface area contributed by atoms with Crippen LogP contribution in [-0.2, 0) is 0 Å². The molecular formula is C17H18BrN3O2. The number of hydrogen-bond donors (Lipinski definition) is 2. The van der Waals surface area contributed by atoms with Crippen molar-refractivity contribution in [3.63, 3.8) is 0 Å². The summed E-state index contributed by atoms with van der Waals surface area (Å²) >= 11 is 3.38. The highest BCUT2D eigenvalue weighted by Gasteiger charge is 2.15. The van der Waals surface area contributed by atoms with Crippen molar-refractivity contribution in [3.05, 3.63) is 52.6 Å². The fraction of sp³-hybridized carbons (Fsp3) is 0.294. The molecule has 2 heterocycles. The second kappa shape index (κ2) is 7.57. The Kier molecular flexibility index (Phi) is 5.25.